The van der Waals surface area contributed by atoms with Crippen LogP contribution >= 0.6 is 0 Å². The summed E-state index contributed by atoms with van der Waals surface area (Å²) < 4.78 is 39.2. The molecule has 0 fully saturated rings. The number of anilines is 1. The first-order chi connectivity index (χ1) is 12.3. The van der Waals surface area contributed by atoms with E-state index in [1.807, 2.05) is 0 Å². The third kappa shape index (κ3) is 5.16. The lowest BCUT2D eigenvalue weighted by molar-refractivity contribution is -0.120. The Balaban J connectivity index is 2.01. The molecule has 9 heteroatoms. The number of rotatable bonds is 8. The predicted molar refractivity (Wildman–Crippen MR) is 90.4 cm³/mol. The second kappa shape index (κ2) is 8.61. The molecule has 1 aromatic carbocycles. The van der Waals surface area contributed by atoms with Crippen LogP contribution in [0.4, 0.5) is 14.6 Å². The molecule has 1 N–H and O–H groups in total. The average molecular weight is 369 g/mol. The second-order valence-corrected chi connectivity index (χ2v) is 5.77. The number of nitrogens with one attached hydrogen (secondary N) is 1. The van der Waals surface area contributed by atoms with Gasteiger partial charge in [-0.25, -0.2) is 0 Å². The number of amides is 1. The largest absolute Gasteiger partial charge is 0.493 e. The average Bonchev–Trinajstić information content (AvgIpc) is 2.99. The van der Waals surface area contributed by atoms with Gasteiger partial charge in [0.1, 0.15) is 5.76 Å². The molecule has 0 unspecified atom stereocenters. The second-order valence-electron chi connectivity index (χ2n) is 5.77. The van der Waals surface area contributed by atoms with Gasteiger partial charge in [0.15, 0.2) is 17.3 Å². The first kappa shape index (κ1) is 19.6. The smallest absolute Gasteiger partial charge is 0.387 e. The van der Waals surface area contributed by atoms with Gasteiger partial charge in [0.25, 0.3) is 0 Å². The van der Waals surface area contributed by atoms with Crippen LogP contribution in [0.2, 0.25) is 0 Å². The molecule has 0 saturated carbocycles. The molecule has 0 radical (unpaired) electrons. The Morgan fingerprint density at radius 1 is 1.35 bits per heavy atom. The molecule has 1 aromatic heterocycles. The van der Waals surface area contributed by atoms with Crippen LogP contribution in [0.25, 0.3) is 0 Å². The van der Waals surface area contributed by atoms with Crippen LogP contribution in [-0.2, 0) is 11.3 Å². The minimum Gasteiger partial charge on any atom is -0.493 e. The quantitative estimate of drug-likeness (QED) is 0.771. The third-order valence-electron chi connectivity index (χ3n) is 3.80. The van der Waals surface area contributed by atoms with Crippen molar-refractivity contribution in [3.8, 4) is 11.5 Å². The zero-order chi connectivity index (χ0) is 19.3. The fourth-order valence-corrected chi connectivity index (χ4v) is 2.28. The Hall–Kier alpha value is -2.68. The van der Waals surface area contributed by atoms with Crippen molar-refractivity contribution in [3.05, 3.63) is 35.6 Å². The fraction of sp³-hybridized carbons (Fsp3) is 0.412. The summed E-state index contributed by atoms with van der Waals surface area (Å²) in [5.74, 6) is 0.861. The van der Waals surface area contributed by atoms with E-state index < -0.39 is 12.7 Å². The van der Waals surface area contributed by atoms with Crippen molar-refractivity contribution in [2.24, 2.45) is 0 Å². The van der Waals surface area contributed by atoms with E-state index >= 15 is 0 Å². The van der Waals surface area contributed by atoms with E-state index in [2.05, 4.69) is 15.2 Å². The Morgan fingerprint density at radius 2 is 2.08 bits per heavy atom. The number of benzene rings is 1. The number of halogens is 2. The predicted octanol–water partition coefficient (Wildman–Crippen LogP) is 3.05. The van der Waals surface area contributed by atoms with Crippen molar-refractivity contribution in [1.29, 1.82) is 0 Å². The molecule has 0 aliphatic heterocycles. The molecule has 0 aliphatic rings. The minimum absolute atomic E-state index is 0.0407. The summed E-state index contributed by atoms with van der Waals surface area (Å²) in [6, 6.07) is 5.81. The highest BCUT2D eigenvalue weighted by Gasteiger charge is 2.20. The molecule has 0 aliphatic carbocycles. The summed E-state index contributed by atoms with van der Waals surface area (Å²) in [6.07, 6.45) is 0. The summed E-state index contributed by atoms with van der Waals surface area (Å²) >= 11 is 0. The molecule has 142 valence electrons. The number of carbonyl (C=O) groups is 1. The molecule has 0 saturated heterocycles. The topological polar surface area (TPSA) is 76.8 Å². The van der Waals surface area contributed by atoms with Crippen molar-refractivity contribution in [2.45, 2.75) is 33.0 Å². The van der Waals surface area contributed by atoms with E-state index in [-0.39, 0.29) is 17.4 Å². The van der Waals surface area contributed by atoms with E-state index in [0.717, 1.165) is 5.56 Å². The van der Waals surface area contributed by atoms with Gasteiger partial charge in [0, 0.05) is 12.6 Å². The van der Waals surface area contributed by atoms with Gasteiger partial charge >= 0.3 is 6.61 Å². The first-order valence-electron chi connectivity index (χ1n) is 7.86. The molecular formula is C17H21F2N3O4. The Kier molecular flexibility index (Phi) is 6.51. The van der Waals surface area contributed by atoms with Crippen molar-refractivity contribution >= 4 is 11.7 Å². The zero-order valence-corrected chi connectivity index (χ0v) is 15.0. The fourth-order valence-electron chi connectivity index (χ4n) is 2.28. The van der Waals surface area contributed by atoms with E-state index in [0.29, 0.717) is 18.1 Å². The van der Waals surface area contributed by atoms with Gasteiger partial charge in [-0.05, 0) is 38.6 Å². The summed E-state index contributed by atoms with van der Waals surface area (Å²) in [7, 11) is 3.14. The SMILES string of the molecule is COc1cc(CN(C)[C@H](C)C(=O)Nc2cc(C)on2)ccc1OC(F)F. The number of hydrogen-bond donors (Lipinski definition) is 1. The number of ether oxygens (including phenoxy) is 2. The highest BCUT2D eigenvalue weighted by molar-refractivity contribution is 5.93. The minimum atomic E-state index is -2.93. The molecule has 2 aromatic rings. The van der Waals surface area contributed by atoms with Gasteiger partial charge in [0.05, 0.1) is 13.2 Å². The van der Waals surface area contributed by atoms with Gasteiger partial charge in [-0.2, -0.15) is 8.78 Å². The molecule has 0 spiro atoms. The van der Waals surface area contributed by atoms with Crippen molar-refractivity contribution < 1.29 is 27.6 Å². The van der Waals surface area contributed by atoms with Crippen LogP contribution in [0.3, 0.4) is 0 Å². The highest BCUT2D eigenvalue weighted by atomic mass is 19.3. The van der Waals surface area contributed by atoms with E-state index in [4.69, 9.17) is 9.26 Å². The molecule has 1 atom stereocenters. The Bertz CT molecular complexity index is 751. The van der Waals surface area contributed by atoms with Gasteiger partial charge in [-0.15, -0.1) is 0 Å². The number of carbonyl (C=O) groups excluding carboxylic acids is 1. The molecule has 1 heterocycles. The number of likely N-dealkylation sites (N-methyl/N-ethyl adjacent to an activating group) is 1. The van der Waals surface area contributed by atoms with E-state index in [1.54, 1.807) is 44.0 Å². The normalized spacial score (nSPS) is 12.3. The van der Waals surface area contributed by atoms with Crippen molar-refractivity contribution in [1.82, 2.24) is 10.1 Å². The number of nitrogens with zero attached hydrogens (tertiary/aromatic N) is 2. The van der Waals surface area contributed by atoms with Crippen molar-refractivity contribution in [3.63, 3.8) is 0 Å². The van der Waals surface area contributed by atoms with Gasteiger partial charge in [-0.3, -0.25) is 9.69 Å². The van der Waals surface area contributed by atoms with Gasteiger partial charge in [0.2, 0.25) is 5.91 Å². The number of alkyl halides is 2. The highest BCUT2D eigenvalue weighted by Crippen LogP contribution is 2.30. The molecule has 26 heavy (non-hydrogen) atoms. The van der Waals surface area contributed by atoms with E-state index in [1.165, 1.54) is 13.2 Å². The molecule has 1 amide bonds. The Labute approximate surface area is 149 Å². The van der Waals surface area contributed by atoms with Crippen LogP contribution < -0.4 is 14.8 Å². The lowest BCUT2D eigenvalue weighted by Crippen LogP contribution is -2.39. The molecule has 7 nitrogen and oxygen atoms in total. The molecule has 2 rings (SSSR count). The molecule has 0 bridgehead atoms. The lowest BCUT2D eigenvalue weighted by Gasteiger charge is -2.23. The summed E-state index contributed by atoms with van der Waals surface area (Å²) in [5.41, 5.74) is 0.780. The van der Waals surface area contributed by atoms with Crippen molar-refractivity contribution in [2.75, 3.05) is 19.5 Å². The summed E-state index contributed by atoms with van der Waals surface area (Å²) in [4.78, 5) is 14.1. The summed E-state index contributed by atoms with van der Waals surface area (Å²) in [6.45, 7) is 0.944. The lowest BCUT2D eigenvalue weighted by atomic mass is 10.1. The van der Waals surface area contributed by atoms with Gasteiger partial charge < -0.3 is 19.3 Å². The first-order valence-corrected chi connectivity index (χ1v) is 7.86. The number of aryl methyl sites for hydroxylation is 1. The standard InChI is InChI=1S/C17H21F2N3O4/c1-10-7-15(21-26-10)20-16(23)11(2)22(3)9-12-5-6-13(25-17(18)19)14(8-12)24-4/h5-8,11,17H,9H2,1-4H3,(H,20,21,23)/t11-/m1/s1. The van der Waals surface area contributed by atoms with E-state index in [9.17, 15) is 13.6 Å². The summed E-state index contributed by atoms with van der Waals surface area (Å²) in [5, 5.41) is 6.39. The number of methoxy groups -OCH3 is 1. The zero-order valence-electron chi connectivity index (χ0n) is 15.0. The monoisotopic (exact) mass is 369 g/mol. The van der Waals surface area contributed by atoms with Crippen LogP contribution in [-0.4, -0.2) is 42.8 Å². The number of hydrogen-bond acceptors (Lipinski definition) is 6. The van der Waals surface area contributed by atoms with Crippen LogP contribution in [0, 0.1) is 6.92 Å². The number of aromatic nitrogens is 1. The van der Waals surface area contributed by atoms with Crippen LogP contribution in [0.1, 0.15) is 18.2 Å². The van der Waals surface area contributed by atoms with Crippen LogP contribution in [0.15, 0.2) is 28.8 Å². The maximum Gasteiger partial charge on any atom is 0.387 e. The Morgan fingerprint density at radius 3 is 2.65 bits per heavy atom. The molecular weight excluding hydrogens is 348 g/mol. The third-order valence-corrected chi connectivity index (χ3v) is 3.80. The maximum absolute atomic E-state index is 12.4. The maximum atomic E-state index is 12.4. The van der Waals surface area contributed by atoms with Gasteiger partial charge in [-0.1, -0.05) is 11.2 Å². The van der Waals surface area contributed by atoms with Crippen LogP contribution in [0.5, 0.6) is 11.5 Å².